The predicted octanol–water partition coefficient (Wildman–Crippen LogP) is 3.20. The molecule has 2 bridgehead atoms. The van der Waals surface area contributed by atoms with Crippen LogP contribution >= 0.6 is 0 Å². The molecular weight excluding hydrogens is 182 g/mol. The van der Waals surface area contributed by atoms with Crippen LogP contribution in [0.3, 0.4) is 0 Å². The second-order valence-corrected chi connectivity index (χ2v) is 6.51. The van der Waals surface area contributed by atoms with E-state index in [9.17, 15) is 0 Å². The van der Waals surface area contributed by atoms with Crippen molar-refractivity contribution in [2.75, 3.05) is 7.05 Å². The van der Waals surface area contributed by atoms with Gasteiger partial charge in [-0.1, -0.05) is 6.42 Å². The highest BCUT2D eigenvalue weighted by Crippen LogP contribution is 2.59. The molecule has 0 heterocycles. The van der Waals surface area contributed by atoms with Crippen molar-refractivity contribution in [2.45, 2.75) is 57.9 Å². The summed E-state index contributed by atoms with van der Waals surface area (Å²) in [5, 5.41) is 3.49. The third kappa shape index (κ3) is 1.63. The summed E-state index contributed by atoms with van der Waals surface area (Å²) in [6.07, 6.45) is 10.8. The Balaban J connectivity index is 1.61. The summed E-state index contributed by atoms with van der Waals surface area (Å²) >= 11 is 0. The van der Waals surface area contributed by atoms with Crippen molar-refractivity contribution in [3.63, 3.8) is 0 Å². The van der Waals surface area contributed by atoms with Crippen molar-refractivity contribution in [3.05, 3.63) is 0 Å². The highest BCUT2D eigenvalue weighted by atomic mass is 14.9. The molecule has 4 atom stereocenters. The molecule has 0 radical (unpaired) electrons. The molecule has 1 nitrogen and oxygen atoms in total. The number of hydrogen-bond acceptors (Lipinski definition) is 1. The lowest BCUT2D eigenvalue weighted by Gasteiger charge is -2.30. The smallest absolute Gasteiger partial charge is 0.00922 e. The first kappa shape index (κ1) is 10.1. The maximum Gasteiger partial charge on any atom is 0.00922 e. The summed E-state index contributed by atoms with van der Waals surface area (Å²) in [4.78, 5) is 0. The molecular formula is C14H25N. The minimum absolute atomic E-state index is 0.712. The summed E-state index contributed by atoms with van der Waals surface area (Å²) in [5.41, 5.74) is 0.712. The fourth-order valence-corrected chi connectivity index (χ4v) is 4.43. The van der Waals surface area contributed by atoms with Gasteiger partial charge in [-0.05, 0) is 75.7 Å². The molecule has 0 spiro atoms. The van der Waals surface area contributed by atoms with Gasteiger partial charge in [-0.2, -0.15) is 0 Å². The van der Waals surface area contributed by atoms with E-state index in [1.54, 1.807) is 25.7 Å². The topological polar surface area (TPSA) is 12.0 Å². The maximum atomic E-state index is 3.49. The van der Waals surface area contributed by atoms with Crippen LogP contribution in [0, 0.1) is 23.2 Å². The second-order valence-electron chi connectivity index (χ2n) is 6.51. The summed E-state index contributed by atoms with van der Waals surface area (Å²) in [5.74, 6) is 3.35. The summed E-state index contributed by atoms with van der Waals surface area (Å²) in [6, 6.07) is 0.747. The van der Waals surface area contributed by atoms with Crippen LogP contribution < -0.4 is 5.32 Å². The molecule has 15 heavy (non-hydrogen) atoms. The van der Waals surface area contributed by atoms with Crippen LogP contribution in [0.25, 0.3) is 0 Å². The Morgan fingerprint density at radius 1 is 1.27 bits per heavy atom. The van der Waals surface area contributed by atoms with Gasteiger partial charge in [0, 0.05) is 6.04 Å². The molecule has 0 aromatic heterocycles. The van der Waals surface area contributed by atoms with Crippen molar-refractivity contribution in [1.29, 1.82) is 0 Å². The largest absolute Gasteiger partial charge is 0.317 e. The summed E-state index contributed by atoms with van der Waals surface area (Å²) in [7, 11) is 2.13. The van der Waals surface area contributed by atoms with Gasteiger partial charge in [0.15, 0.2) is 0 Å². The van der Waals surface area contributed by atoms with Gasteiger partial charge in [0.1, 0.15) is 0 Å². The second kappa shape index (κ2) is 3.48. The van der Waals surface area contributed by atoms with Gasteiger partial charge < -0.3 is 5.32 Å². The SMILES string of the molecule is CNC(C)C1(CC2CC3CCC2C3)CC1. The van der Waals surface area contributed by atoms with E-state index in [0.717, 1.165) is 23.8 Å². The quantitative estimate of drug-likeness (QED) is 0.746. The third-order valence-electron chi connectivity index (χ3n) is 5.80. The molecule has 0 aromatic rings. The van der Waals surface area contributed by atoms with Crippen molar-refractivity contribution in [1.82, 2.24) is 5.32 Å². The van der Waals surface area contributed by atoms with Gasteiger partial charge in [-0.15, -0.1) is 0 Å². The molecule has 0 aromatic carbocycles. The monoisotopic (exact) mass is 207 g/mol. The number of rotatable bonds is 4. The predicted molar refractivity (Wildman–Crippen MR) is 63.7 cm³/mol. The fraction of sp³-hybridized carbons (Fsp3) is 1.00. The first-order chi connectivity index (χ1) is 7.23. The third-order valence-corrected chi connectivity index (χ3v) is 5.80. The van der Waals surface area contributed by atoms with Crippen molar-refractivity contribution >= 4 is 0 Å². The Morgan fingerprint density at radius 2 is 2.07 bits per heavy atom. The van der Waals surface area contributed by atoms with Crippen molar-refractivity contribution < 1.29 is 0 Å². The van der Waals surface area contributed by atoms with Gasteiger partial charge >= 0.3 is 0 Å². The average Bonchev–Trinajstić information content (AvgIpc) is 2.74. The van der Waals surface area contributed by atoms with Crippen molar-refractivity contribution in [3.8, 4) is 0 Å². The number of fused-ring (bicyclic) bond motifs is 2. The van der Waals surface area contributed by atoms with Crippen LogP contribution in [0.5, 0.6) is 0 Å². The Hall–Kier alpha value is -0.0400. The van der Waals surface area contributed by atoms with Crippen LogP contribution in [-0.4, -0.2) is 13.1 Å². The molecule has 1 N–H and O–H groups in total. The molecule has 3 fully saturated rings. The van der Waals surface area contributed by atoms with E-state index in [-0.39, 0.29) is 0 Å². The minimum Gasteiger partial charge on any atom is -0.317 e. The number of nitrogens with one attached hydrogen (secondary N) is 1. The fourth-order valence-electron chi connectivity index (χ4n) is 4.43. The Morgan fingerprint density at radius 3 is 2.53 bits per heavy atom. The normalized spacial score (nSPS) is 43.2. The highest BCUT2D eigenvalue weighted by molar-refractivity contribution is 5.03. The Bertz CT molecular complexity index is 244. The van der Waals surface area contributed by atoms with Crippen LogP contribution in [0.1, 0.15) is 51.9 Å². The van der Waals surface area contributed by atoms with Crippen LogP contribution in [-0.2, 0) is 0 Å². The molecule has 3 rings (SSSR count). The number of hydrogen-bond donors (Lipinski definition) is 1. The van der Waals surface area contributed by atoms with Gasteiger partial charge in [0.05, 0.1) is 0 Å². The zero-order chi connectivity index (χ0) is 10.5. The van der Waals surface area contributed by atoms with E-state index in [1.807, 2.05) is 0 Å². The lowest BCUT2D eigenvalue weighted by Crippen LogP contribution is -2.34. The van der Waals surface area contributed by atoms with Gasteiger partial charge in [-0.3, -0.25) is 0 Å². The molecule has 1 heteroatoms. The van der Waals surface area contributed by atoms with Crippen LogP contribution in [0.4, 0.5) is 0 Å². The molecule has 3 saturated carbocycles. The van der Waals surface area contributed by atoms with Crippen molar-refractivity contribution in [2.24, 2.45) is 23.2 Å². The molecule has 3 aliphatic carbocycles. The lowest BCUT2D eigenvalue weighted by atomic mass is 9.78. The van der Waals surface area contributed by atoms with Gasteiger partial charge in [0.25, 0.3) is 0 Å². The first-order valence-corrected chi connectivity index (χ1v) is 6.91. The van der Waals surface area contributed by atoms with E-state index in [2.05, 4.69) is 19.3 Å². The van der Waals surface area contributed by atoms with E-state index in [1.165, 1.54) is 19.3 Å². The Labute approximate surface area is 94.0 Å². The average molecular weight is 207 g/mol. The zero-order valence-corrected chi connectivity index (χ0v) is 10.3. The van der Waals surface area contributed by atoms with E-state index >= 15 is 0 Å². The molecule has 3 aliphatic rings. The zero-order valence-electron chi connectivity index (χ0n) is 10.3. The summed E-state index contributed by atoms with van der Waals surface area (Å²) < 4.78 is 0. The Kier molecular flexibility index (Phi) is 2.35. The summed E-state index contributed by atoms with van der Waals surface area (Å²) in [6.45, 7) is 2.39. The molecule has 4 unspecified atom stereocenters. The van der Waals surface area contributed by atoms with E-state index in [0.29, 0.717) is 5.41 Å². The van der Waals surface area contributed by atoms with Crippen LogP contribution in [0.15, 0.2) is 0 Å². The first-order valence-electron chi connectivity index (χ1n) is 6.91. The highest BCUT2D eigenvalue weighted by Gasteiger charge is 2.51. The molecule has 0 saturated heterocycles. The maximum absolute atomic E-state index is 3.49. The lowest BCUT2D eigenvalue weighted by molar-refractivity contribution is 0.224. The van der Waals surface area contributed by atoms with E-state index < -0.39 is 0 Å². The van der Waals surface area contributed by atoms with E-state index in [4.69, 9.17) is 0 Å². The molecule has 0 aliphatic heterocycles. The van der Waals surface area contributed by atoms with Gasteiger partial charge in [0.2, 0.25) is 0 Å². The minimum atomic E-state index is 0.712. The standard InChI is InChI=1S/C14H25N/c1-10(15-2)14(5-6-14)9-13-8-11-3-4-12(13)7-11/h10-13,15H,3-9H2,1-2H3. The van der Waals surface area contributed by atoms with Crippen LogP contribution in [0.2, 0.25) is 0 Å². The molecule has 86 valence electrons. The molecule has 0 amide bonds. The van der Waals surface area contributed by atoms with Gasteiger partial charge in [-0.25, -0.2) is 0 Å².